The van der Waals surface area contributed by atoms with Crippen LogP contribution in [-0.2, 0) is 0 Å². The molecule has 0 saturated carbocycles. The van der Waals surface area contributed by atoms with E-state index in [2.05, 4.69) is 4.98 Å². The Morgan fingerprint density at radius 3 is 2.55 bits per heavy atom. The number of nitriles is 1. The number of carboxylic acids is 1. The summed E-state index contributed by atoms with van der Waals surface area (Å²) in [6.45, 7) is 0. The summed E-state index contributed by atoms with van der Waals surface area (Å²) >= 11 is 5.83. The number of nitrogens with zero attached hydrogens (tertiary/aromatic N) is 3. The predicted molar refractivity (Wildman–Crippen MR) is 75.4 cm³/mol. The van der Waals surface area contributed by atoms with Crippen LogP contribution in [0, 0.1) is 11.3 Å². The van der Waals surface area contributed by atoms with Crippen LogP contribution in [0.1, 0.15) is 15.9 Å². The van der Waals surface area contributed by atoms with Crippen molar-refractivity contribution in [2.75, 3.05) is 11.9 Å². The van der Waals surface area contributed by atoms with E-state index in [1.54, 1.807) is 36.2 Å². The second-order valence-corrected chi connectivity index (χ2v) is 4.45. The Morgan fingerprint density at radius 1 is 1.35 bits per heavy atom. The Balaban J connectivity index is 2.39. The van der Waals surface area contributed by atoms with E-state index >= 15 is 0 Å². The van der Waals surface area contributed by atoms with Crippen LogP contribution in [0.5, 0.6) is 0 Å². The number of anilines is 2. The van der Waals surface area contributed by atoms with Gasteiger partial charge in [-0.05, 0) is 36.4 Å². The third-order valence-electron chi connectivity index (χ3n) is 2.75. The molecule has 1 N–H and O–H groups in total. The van der Waals surface area contributed by atoms with E-state index in [4.69, 9.17) is 22.0 Å². The average molecular weight is 288 g/mol. The Labute approximate surface area is 120 Å². The number of hydrogen-bond donors (Lipinski definition) is 1. The quantitative estimate of drug-likeness (QED) is 0.878. The molecule has 0 aliphatic rings. The highest BCUT2D eigenvalue weighted by Crippen LogP contribution is 2.24. The van der Waals surface area contributed by atoms with Gasteiger partial charge in [-0.15, -0.1) is 0 Å². The summed E-state index contributed by atoms with van der Waals surface area (Å²) in [5.41, 5.74) is 1.39. The fraction of sp³-hybridized carbons (Fsp3) is 0.0714. The van der Waals surface area contributed by atoms with Gasteiger partial charge in [-0.3, -0.25) is 0 Å². The third kappa shape index (κ3) is 2.87. The van der Waals surface area contributed by atoms with Crippen molar-refractivity contribution >= 4 is 29.1 Å². The van der Waals surface area contributed by atoms with E-state index in [1.807, 2.05) is 6.07 Å². The lowest BCUT2D eigenvalue weighted by atomic mass is 10.2. The van der Waals surface area contributed by atoms with Gasteiger partial charge in [-0.1, -0.05) is 11.6 Å². The van der Waals surface area contributed by atoms with Gasteiger partial charge in [0, 0.05) is 12.7 Å². The van der Waals surface area contributed by atoms with E-state index < -0.39 is 5.97 Å². The molecular formula is C14H10ClN3O2. The van der Waals surface area contributed by atoms with Gasteiger partial charge < -0.3 is 10.0 Å². The molecule has 0 bridgehead atoms. The summed E-state index contributed by atoms with van der Waals surface area (Å²) < 4.78 is 0. The number of aromatic carboxylic acids is 1. The lowest BCUT2D eigenvalue weighted by Crippen LogP contribution is -2.12. The molecule has 0 atom stereocenters. The molecule has 0 fully saturated rings. The number of rotatable bonds is 3. The Bertz CT molecular complexity index is 693. The molecule has 1 aromatic carbocycles. The molecule has 0 amide bonds. The van der Waals surface area contributed by atoms with E-state index in [0.29, 0.717) is 11.4 Å². The number of benzene rings is 1. The molecule has 0 saturated heterocycles. The van der Waals surface area contributed by atoms with Crippen molar-refractivity contribution in [1.29, 1.82) is 5.26 Å². The van der Waals surface area contributed by atoms with E-state index in [0.717, 1.165) is 5.69 Å². The zero-order valence-electron chi connectivity index (χ0n) is 10.5. The zero-order valence-corrected chi connectivity index (χ0v) is 11.3. The molecule has 0 radical (unpaired) electrons. The van der Waals surface area contributed by atoms with Gasteiger partial charge in [0.25, 0.3) is 0 Å². The average Bonchev–Trinajstić information content (AvgIpc) is 2.46. The van der Waals surface area contributed by atoms with Crippen LogP contribution in [-0.4, -0.2) is 23.1 Å². The SMILES string of the molecule is CN(c1ccc(C#N)cc1)c1cc(C(=O)O)cc(Cl)n1. The fourth-order valence-electron chi connectivity index (χ4n) is 1.67. The molecule has 1 aromatic heterocycles. The molecule has 20 heavy (non-hydrogen) atoms. The largest absolute Gasteiger partial charge is 0.478 e. The van der Waals surface area contributed by atoms with Gasteiger partial charge >= 0.3 is 5.97 Å². The fourth-order valence-corrected chi connectivity index (χ4v) is 1.87. The van der Waals surface area contributed by atoms with Gasteiger partial charge in [0.2, 0.25) is 0 Å². The monoisotopic (exact) mass is 287 g/mol. The first-order valence-corrected chi connectivity index (χ1v) is 6.04. The number of halogens is 1. The maximum atomic E-state index is 11.0. The zero-order chi connectivity index (χ0) is 14.7. The Kier molecular flexibility index (Phi) is 3.87. The van der Waals surface area contributed by atoms with Crippen LogP contribution in [0.2, 0.25) is 5.15 Å². The van der Waals surface area contributed by atoms with Gasteiger partial charge in [-0.2, -0.15) is 5.26 Å². The minimum Gasteiger partial charge on any atom is -0.478 e. The molecule has 100 valence electrons. The van der Waals surface area contributed by atoms with Crippen molar-refractivity contribution in [3.63, 3.8) is 0 Å². The van der Waals surface area contributed by atoms with E-state index in [9.17, 15) is 4.79 Å². The van der Waals surface area contributed by atoms with Gasteiger partial charge in [-0.25, -0.2) is 9.78 Å². The summed E-state index contributed by atoms with van der Waals surface area (Å²) in [5.74, 6) is -0.650. The van der Waals surface area contributed by atoms with Crippen molar-refractivity contribution in [2.45, 2.75) is 0 Å². The third-order valence-corrected chi connectivity index (χ3v) is 2.95. The molecule has 5 nitrogen and oxygen atoms in total. The normalized spacial score (nSPS) is 9.85. The summed E-state index contributed by atoms with van der Waals surface area (Å²) in [6.07, 6.45) is 0. The number of carboxylic acid groups (broad SMARTS) is 1. The van der Waals surface area contributed by atoms with Crippen molar-refractivity contribution in [1.82, 2.24) is 4.98 Å². The van der Waals surface area contributed by atoms with Crippen LogP contribution in [0.25, 0.3) is 0 Å². The summed E-state index contributed by atoms with van der Waals surface area (Å²) in [4.78, 5) is 16.8. The van der Waals surface area contributed by atoms with Gasteiger partial charge in [0.1, 0.15) is 11.0 Å². The maximum Gasteiger partial charge on any atom is 0.335 e. The first-order valence-electron chi connectivity index (χ1n) is 5.66. The molecule has 6 heteroatoms. The molecule has 2 aromatic rings. The second-order valence-electron chi connectivity index (χ2n) is 4.06. The number of carbonyl (C=O) groups is 1. The lowest BCUT2D eigenvalue weighted by Gasteiger charge is -2.19. The van der Waals surface area contributed by atoms with Crippen LogP contribution in [0.15, 0.2) is 36.4 Å². The predicted octanol–water partition coefficient (Wildman–Crippen LogP) is 3.07. The molecule has 0 unspecified atom stereocenters. The highest BCUT2D eigenvalue weighted by molar-refractivity contribution is 6.29. The molecular weight excluding hydrogens is 278 g/mol. The molecule has 0 aliphatic carbocycles. The van der Waals surface area contributed by atoms with Crippen LogP contribution >= 0.6 is 11.6 Å². The number of aromatic nitrogens is 1. The number of pyridine rings is 1. The Hall–Kier alpha value is -2.58. The lowest BCUT2D eigenvalue weighted by molar-refractivity contribution is 0.0697. The standard InChI is InChI=1S/C14H10ClN3O2/c1-18(11-4-2-9(8-16)3-5-11)13-7-10(14(19)20)6-12(15)17-13/h2-7H,1H3,(H,19,20). The van der Waals surface area contributed by atoms with Gasteiger partial charge in [0.05, 0.1) is 17.2 Å². The highest BCUT2D eigenvalue weighted by atomic mass is 35.5. The second kappa shape index (κ2) is 5.59. The first-order chi connectivity index (χ1) is 9.51. The molecule has 1 heterocycles. The minimum atomic E-state index is -1.07. The van der Waals surface area contributed by atoms with Crippen molar-refractivity contribution in [3.05, 3.63) is 52.7 Å². The Morgan fingerprint density at radius 2 is 2.00 bits per heavy atom. The first kappa shape index (κ1) is 13.8. The van der Waals surface area contributed by atoms with Crippen molar-refractivity contribution in [2.24, 2.45) is 0 Å². The topological polar surface area (TPSA) is 77.2 Å². The summed E-state index contributed by atoms with van der Waals surface area (Å²) in [7, 11) is 1.74. The van der Waals surface area contributed by atoms with Crippen LogP contribution < -0.4 is 4.90 Å². The van der Waals surface area contributed by atoms with Crippen LogP contribution in [0.3, 0.4) is 0 Å². The molecule has 0 spiro atoms. The van der Waals surface area contributed by atoms with E-state index in [1.165, 1.54) is 12.1 Å². The smallest absolute Gasteiger partial charge is 0.335 e. The van der Waals surface area contributed by atoms with E-state index in [-0.39, 0.29) is 10.7 Å². The van der Waals surface area contributed by atoms with Crippen molar-refractivity contribution < 1.29 is 9.90 Å². The number of hydrogen-bond acceptors (Lipinski definition) is 4. The minimum absolute atomic E-state index is 0.0699. The maximum absolute atomic E-state index is 11.0. The summed E-state index contributed by atoms with van der Waals surface area (Å²) in [5, 5.41) is 17.9. The summed E-state index contributed by atoms with van der Waals surface area (Å²) in [6, 6.07) is 11.6. The van der Waals surface area contributed by atoms with Gasteiger partial charge in [0.15, 0.2) is 0 Å². The van der Waals surface area contributed by atoms with Crippen molar-refractivity contribution in [3.8, 4) is 6.07 Å². The van der Waals surface area contributed by atoms with Crippen LogP contribution in [0.4, 0.5) is 11.5 Å². The molecule has 2 rings (SSSR count). The molecule has 0 aliphatic heterocycles. The highest BCUT2D eigenvalue weighted by Gasteiger charge is 2.11.